The van der Waals surface area contributed by atoms with Gasteiger partial charge in [-0.15, -0.1) is 12.4 Å². The Morgan fingerprint density at radius 2 is 1.71 bits per heavy atom. The summed E-state index contributed by atoms with van der Waals surface area (Å²) in [5.41, 5.74) is 0. The van der Waals surface area contributed by atoms with Crippen LogP contribution in [0.25, 0.3) is 0 Å². The summed E-state index contributed by atoms with van der Waals surface area (Å²) in [5.74, 6) is 1.23. The van der Waals surface area contributed by atoms with Crippen molar-refractivity contribution in [1.82, 2.24) is 13.9 Å². The molecule has 2 aliphatic rings. The van der Waals surface area contributed by atoms with Crippen LogP contribution in [0.4, 0.5) is 0 Å². The molecule has 5 nitrogen and oxygen atoms in total. The second kappa shape index (κ2) is 8.67. The van der Waals surface area contributed by atoms with E-state index in [4.69, 9.17) is 0 Å². The number of hydrogen-bond acceptors (Lipinski definition) is 3. The molecule has 1 aliphatic heterocycles. The van der Waals surface area contributed by atoms with Crippen LogP contribution in [0.1, 0.15) is 39.5 Å². The van der Waals surface area contributed by atoms with Crippen LogP contribution in [0, 0.1) is 11.8 Å². The molecule has 0 atom stereocenters. The Bertz CT molecular complexity index is 393. The van der Waals surface area contributed by atoms with Gasteiger partial charge in [-0.2, -0.15) is 17.0 Å². The molecule has 0 aromatic carbocycles. The van der Waals surface area contributed by atoms with Gasteiger partial charge >= 0.3 is 0 Å². The normalized spacial score (nSPS) is 21.5. The zero-order valence-corrected chi connectivity index (χ0v) is 14.9. The SMILES string of the molecule is CCNCC1CCN(S(=O)(=O)N(CC)CC2CC2)CC1.Cl. The lowest BCUT2D eigenvalue weighted by Crippen LogP contribution is -2.48. The van der Waals surface area contributed by atoms with E-state index < -0.39 is 10.2 Å². The Morgan fingerprint density at radius 1 is 1.10 bits per heavy atom. The molecule has 126 valence electrons. The maximum atomic E-state index is 12.6. The van der Waals surface area contributed by atoms with Gasteiger partial charge in [0.25, 0.3) is 10.2 Å². The molecule has 1 N–H and O–H groups in total. The molecule has 0 spiro atoms. The second-order valence-electron chi connectivity index (χ2n) is 6.05. The summed E-state index contributed by atoms with van der Waals surface area (Å²) in [6, 6.07) is 0. The molecule has 1 aliphatic carbocycles. The number of rotatable bonds is 8. The first kappa shape index (κ1) is 19.2. The largest absolute Gasteiger partial charge is 0.317 e. The molecule has 1 saturated heterocycles. The third-order valence-electron chi connectivity index (χ3n) is 4.42. The van der Waals surface area contributed by atoms with Crippen molar-refractivity contribution in [2.45, 2.75) is 39.5 Å². The molecule has 0 bridgehead atoms. The summed E-state index contributed by atoms with van der Waals surface area (Å²) in [6.07, 6.45) is 4.34. The lowest BCUT2D eigenvalue weighted by molar-refractivity contribution is 0.249. The number of hydrogen-bond donors (Lipinski definition) is 1. The van der Waals surface area contributed by atoms with E-state index in [2.05, 4.69) is 12.2 Å². The quantitative estimate of drug-likeness (QED) is 0.732. The molecule has 0 radical (unpaired) electrons. The Labute approximate surface area is 136 Å². The number of nitrogens with zero attached hydrogens (tertiary/aromatic N) is 2. The highest BCUT2D eigenvalue weighted by Crippen LogP contribution is 2.31. The monoisotopic (exact) mass is 339 g/mol. The van der Waals surface area contributed by atoms with E-state index in [1.807, 2.05) is 6.92 Å². The summed E-state index contributed by atoms with van der Waals surface area (Å²) >= 11 is 0. The van der Waals surface area contributed by atoms with Gasteiger partial charge in [0, 0.05) is 26.2 Å². The topological polar surface area (TPSA) is 52.7 Å². The zero-order chi connectivity index (χ0) is 14.6. The molecule has 1 saturated carbocycles. The van der Waals surface area contributed by atoms with Crippen molar-refractivity contribution in [2.75, 3.05) is 39.3 Å². The predicted octanol–water partition coefficient (Wildman–Crippen LogP) is 1.71. The maximum Gasteiger partial charge on any atom is 0.281 e. The van der Waals surface area contributed by atoms with E-state index in [1.165, 1.54) is 12.8 Å². The first-order valence-electron chi connectivity index (χ1n) is 8.03. The Balaban J connectivity index is 0.00000220. The van der Waals surface area contributed by atoms with Crippen LogP contribution in [-0.4, -0.2) is 56.3 Å². The molecule has 7 heteroatoms. The summed E-state index contributed by atoms with van der Waals surface area (Å²) < 4.78 is 28.6. The number of halogens is 1. The Kier molecular flexibility index (Phi) is 7.92. The van der Waals surface area contributed by atoms with Crippen LogP contribution in [0.15, 0.2) is 0 Å². The molecule has 0 amide bonds. The highest BCUT2D eigenvalue weighted by molar-refractivity contribution is 7.86. The average molecular weight is 340 g/mol. The van der Waals surface area contributed by atoms with Gasteiger partial charge in [-0.05, 0) is 50.6 Å². The minimum absolute atomic E-state index is 0. The fourth-order valence-corrected chi connectivity index (χ4v) is 4.56. The highest BCUT2D eigenvalue weighted by Gasteiger charge is 2.35. The number of nitrogens with one attached hydrogen (secondary N) is 1. The molecule has 0 aromatic rings. The van der Waals surface area contributed by atoms with Gasteiger partial charge < -0.3 is 5.32 Å². The van der Waals surface area contributed by atoms with Crippen molar-refractivity contribution in [1.29, 1.82) is 0 Å². The van der Waals surface area contributed by atoms with Crippen LogP contribution in [0.3, 0.4) is 0 Å². The van der Waals surface area contributed by atoms with Crippen LogP contribution in [0.2, 0.25) is 0 Å². The second-order valence-corrected chi connectivity index (χ2v) is 7.98. The summed E-state index contributed by atoms with van der Waals surface area (Å²) in [4.78, 5) is 0. The molecule has 1 heterocycles. The van der Waals surface area contributed by atoms with Gasteiger partial charge in [-0.25, -0.2) is 0 Å². The smallest absolute Gasteiger partial charge is 0.281 e. The highest BCUT2D eigenvalue weighted by atomic mass is 35.5. The van der Waals surface area contributed by atoms with E-state index in [0.29, 0.717) is 31.5 Å². The molecular formula is C14H30ClN3O2S. The standard InChI is InChI=1S/C14H29N3O2S.ClH/c1-3-15-11-13-7-9-17(10-8-13)20(18,19)16(4-2)12-14-5-6-14;/h13-15H,3-12H2,1-2H3;1H. The van der Waals surface area contributed by atoms with Gasteiger partial charge in [-0.3, -0.25) is 0 Å². The molecule has 2 rings (SSSR count). The van der Waals surface area contributed by atoms with Crippen LogP contribution < -0.4 is 5.32 Å². The molecule has 0 aromatic heterocycles. The first-order chi connectivity index (χ1) is 9.57. The zero-order valence-electron chi connectivity index (χ0n) is 13.3. The lowest BCUT2D eigenvalue weighted by atomic mass is 9.98. The molecule has 0 unspecified atom stereocenters. The lowest BCUT2D eigenvalue weighted by Gasteiger charge is -2.34. The van der Waals surface area contributed by atoms with E-state index in [0.717, 1.165) is 32.5 Å². The van der Waals surface area contributed by atoms with E-state index in [9.17, 15) is 8.42 Å². The molecule has 21 heavy (non-hydrogen) atoms. The third kappa shape index (κ3) is 5.36. The summed E-state index contributed by atoms with van der Waals surface area (Å²) in [5, 5.41) is 3.36. The van der Waals surface area contributed by atoms with E-state index in [1.54, 1.807) is 8.61 Å². The fourth-order valence-electron chi connectivity index (χ4n) is 2.83. The van der Waals surface area contributed by atoms with Crippen molar-refractivity contribution in [3.8, 4) is 0 Å². The summed E-state index contributed by atoms with van der Waals surface area (Å²) in [6.45, 7) is 8.73. The third-order valence-corrected chi connectivity index (χ3v) is 6.50. The fraction of sp³-hybridized carbons (Fsp3) is 1.00. The minimum atomic E-state index is -3.23. The van der Waals surface area contributed by atoms with Gasteiger partial charge in [0.1, 0.15) is 0 Å². The van der Waals surface area contributed by atoms with Gasteiger partial charge in [0.2, 0.25) is 0 Å². The molecular weight excluding hydrogens is 310 g/mol. The number of piperidine rings is 1. The summed E-state index contributed by atoms with van der Waals surface area (Å²) in [7, 11) is -3.23. The van der Waals surface area contributed by atoms with Gasteiger partial charge in [0.05, 0.1) is 0 Å². The van der Waals surface area contributed by atoms with Gasteiger partial charge in [0.15, 0.2) is 0 Å². The Morgan fingerprint density at radius 3 is 2.19 bits per heavy atom. The van der Waals surface area contributed by atoms with Gasteiger partial charge in [-0.1, -0.05) is 13.8 Å². The van der Waals surface area contributed by atoms with E-state index >= 15 is 0 Å². The van der Waals surface area contributed by atoms with Crippen molar-refractivity contribution in [2.24, 2.45) is 11.8 Å². The predicted molar refractivity (Wildman–Crippen MR) is 89.0 cm³/mol. The van der Waals surface area contributed by atoms with Crippen molar-refractivity contribution in [3.63, 3.8) is 0 Å². The van der Waals surface area contributed by atoms with Crippen molar-refractivity contribution in [3.05, 3.63) is 0 Å². The first-order valence-corrected chi connectivity index (χ1v) is 9.43. The van der Waals surface area contributed by atoms with Crippen molar-refractivity contribution < 1.29 is 8.42 Å². The van der Waals surface area contributed by atoms with Crippen LogP contribution >= 0.6 is 12.4 Å². The van der Waals surface area contributed by atoms with Crippen LogP contribution in [0.5, 0.6) is 0 Å². The minimum Gasteiger partial charge on any atom is -0.317 e. The average Bonchev–Trinajstić information content (AvgIpc) is 3.26. The molecule has 2 fully saturated rings. The Hall–Kier alpha value is 0.120. The van der Waals surface area contributed by atoms with E-state index in [-0.39, 0.29) is 12.4 Å². The maximum absolute atomic E-state index is 12.6. The van der Waals surface area contributed by atoms with Crippen molar-refractivity contribution >= 4 is 22.6 Å². The van der Waals surface area contributed by atoms with Crippen LogP contribution in [-0.2, 0) is 10.2 Å².